The van der Waals surface area contributed by atoms with E-state index < -0.39 is 11.3 Å². The second-order valence-electron chi connectivity index (χ2n) is 6.80. The van der Waals surface area contributed by atoms with Crippen LogP contribution in [-0.4, -0.2) is 19.9 Å². The first-order valence-electron chi connectivity index (χ1n) is 8.82. The van der Waals surface area contributed by atoms with Crippen LogP contribution in [-0.2, 0) is 0 Å². The van der Waals surface area contributed by atoms with Crippen molar-refractivity contribution in [3.05, 3.63) is 35.4 Å². The molecular formula is C21H20N4O2. The maximum atomic E-state index is 9.90. The van der Waals surface area contributed by atoms with Crippen molar-refractivity contribution < 1.29 is 9.47 Å². The van der Waals surface area contributed by atoms with Gasteiger partial charge in [0.1, 0.15) is 0 Å². The maximum Gasteiger partial charge on any atom is 0.203 e. The normalized spacial score (nSPS) is 25.8. The molecule has 6 nitrogen and oxygen atoms in total. The highest BCUT2D eigenvalue weighted by Gasteiger charge is 2.56. The molecule has 3 rings (SSSR count). The van der Waals surface area contributed by atoms with Crippen LogP contribution in [0.25, 0.3) is 0 Å². The summed E-state index contributed by atoms with van der Waals surface area (Å²) in [7, 11) is 3.10. The quantitative estimate of drug-likeness (QED) is 0.825. The lowest BCUT2D eigenvalue weighted by Crippen LogP contribution is -2.47. The van der Waals surface area contributed by atoms with Gasteiger partial charge in [-0.05, 0) is 36.8 Å². The maximum absolute atomic E-state index is 9.90. The molecule has 27 heavy (non-hydrogen) atoms. The van der Waals surface area contributed by atoms with E-state index in [1.54, 1.807) is 20.3 Å². The monoisotopic (exact) mass is 360 g/mol. The molecule has 1 N–H and O–H groups in total. The second-order valence-corrected chi connectivity index (χ2v) is 6.80. The Bertz CT molecular complexity index is 915. The highest BCUT2D eigenvalue weighted by Crippen LogP contribution is 2.56. The minimum atomic E-state index is -1.66. The summed E-state index contributed by atoms with van der Waals surface area (Å²) in [4.78, 5) is 0. The Morgan fingerprint density at radius 3 is 2.48 bits per heavy atom. The molecule has 0 aromatic heterocycles. The van der Waals surface area contributed by atoms with Crippen LogP contribution in [0.15, 0.2) is 29.8 Å². The molecule has 2 aliphatic rings. The smallest absolute Gasteiger partial charge is 0.203 e. The lowest BCUT2D eigenvalue weighted by atomic mass is 9.54. The van der Waals surface area contributed by atoms with Crippen molar-refractivity contribution in [2.24, 2.45) is 17.3 Å². The van der Waals surface area contributed by atoms with Crippen LogP contribution in [0.2, 0.25) is 0 Å². The SMILES string of the molecule is COc1cccc([C@@H]2C(C#N)C(=N)C(C#N)(C#N)C3=CCCC[C@@H]32)c1OC. The Balaban J connectivity index is 2.27. The average Bonchev–Trinajstić information content (AvgIpc) is 2.72. The summed E-state index contributed by atoms with van der Waals surface area (Å²) in [5, 5.41) is 38.1. The Hall–Kier alpha value is -3.30. The van der Waals surface area contributed by atoms with Gasteiger partial charge in [-0.2, -0.15) is 15.8 Å². The van der Waals surface area contributed by atoms with E-state index in [0.29, 0.717) is 17.1 Å². The van der Waals surface area contributed by atoms with Crippen LogP contribution in [0.3, 0.4) is 0 Å². The number of benzene rings is 1. The Morgan fingerprint density at radius 2 is 1.89 bits per heavy atom. The number of hydrogen-bond acceptors (Lipinski definition) is 6. The van der Waals surface area contributed by atoms with Gasteiger partial charge >= 0.3 is 0 Å². The fraction of sp³-hybridized carbons (Fsp3) is 0.429. The van der Waals surface area contributed by atoms with Gasteiger partial charge in [0.2, 0.25) is 5.41 Å². The van der Waals surface area contributed by atoms with Crippen LogP contribution >= 0.6 is 0 Å². The van der Waals surface area contributed by atoms with E-state index in [1.807, 2.05) is 30.3 Å². The molecule has 0 bridgehead atoms. The van der Waals surface area contributed by atoms with Gasteiger partial charge in [0, 0.05) is 11.5 Å². The van der Waals surface area contributed by atoms with Gasteiger partial charge < -0.3 is 14.9 Å². The summed E-state index contributed by atoms with van der Waals surface area (Å²) in [6.07, 6.45) is 4.36. The predicted molar refractivity (Wildman–Crippen MR) is 98.2 cm³/mol. The van der Waals surface area contributed by atoms with Gasteiger partial charge in [0.15, 0.2) is 11.5 Å². The minimum Gasteiger partial charge on any atom is -0.493 e. The zero-order chi connectivity index (χ0) is 19.6. The van der Waals surface area contributed by atoms with E-state index in [1.165, 1.54) is 0 Å². The summed E-state index contributed by atoms with van der Waals surface area (Å²) in [6, 6.07) is 11.8. The molecule has 3 atom stereocenters. The van der Waals surface area contributed by atoms with E-state index in [4.69, 9.17) is 14.9 Å². The van der Waals surface area contributed by atoms with Crippen molar-refractivity contribution in [3.8, 4) is 29.7 Å². The molecule has 0 amide bonds. The predicted octanol–water partition coefficient (Wildman–Crippen LogP) is 3.72. The number of allylic oxidation sites excluding steroid dienone is 2. The molecule has 0 radical (unpaired) electrons. The third kappa shape index (κ3) is 2.56. The van der Waals surface area contributed by atoms with Crippen LogP contribution in [0.1, 0.15) is 30.7 Å². The summed E-state index contributed by atoms with van der Waals surface area (Å²) in [5.74, 6) is -0.335. The highest BCUT2D eigenvalue weighted by molar-refractivity contribution is 6.01. The second kappa shape index (κ2) is 7.14. The van der Waals surface area contributed by atoms with Crippen LogP contribution in [0.4, 0.5) is 0 Å². The first-order valence-corrected chi connectivity index (χ1v) is 8.82. The number of nitriles is 3. The van der Waals surface area contributed by atoms with Crippen LogP contribution in [0, 0.1) is 56.7 Å². The molecule has 1 unspecified atom stereocenters. The molecule has 1 aromatic rings. The van der Waals surface area contributed by atoms with E-state index >= 15 is 0 Å². The Morgan fingerprint density at radius 1 is 1.15 bits per heavy atom. The first kappa shape index (κ1) is 18.5. The minimum absolute atomic E-state index is 0.144. The topological polar surface area (TPSA) is 114 Å². The molecule has 6 heteroatoms. The van der Waals surface area contributed by atoms with Crippen LogP contribution in [0.5, 0.6) is 11.5 Å². The lowest BCUT2D eigenvalue weighted by Gasteiger charge is -2.45. The van der Waals surface area contributed by atoms with Crippen molar-refractivity contribution in [2.45, 2.75) is 25.2 Å². The lowest BCUT2D eigenvalue weighted by molar-refractivity contribution is 0.316. The van der Waals surface area contributed by atoms with Gasteiger partial charge in [0.25, 0.3) is 0 Å². The molecule has 1 aromatic carbocycles. The number of para-hydroxylation sites is 1. The number of rotatable bonds is 3. The fourth-order valence-corrected chi connectivity index (χ4v) is 4.50. The Labute approximate surface area is 158 Å². The van der Waals surface area contributed by atoms with Crippen molar-refractivity contribution in [3.63, 3.8) is 0 Å². The number of nitrogens with zero attached hydrogens (tertiary/aromatic N) is 3. The van der Waals surface area contributed by atoms with Gasteiger partial charge in [0.05, 0.1) is 44.1 Å². The fourth-order valence-electron chi connectivity index (χ4n) is 4.50. The molecular weight excluding hydrogens is 340 g/mol. The molecule has 0 spiro atoms. The number of ether oxygens (including phenoxy) is 2. The van der Waals surface area contributed by atoms with E-state index in [-0.39, 0.29) is 17.5 Å². The summed E-state index contributed by atoms with van der Waals surface area (Å²) < 4.78 is 11.0. The summed E-state index contributed by atoms with van der Waals surface area (Å²) in [5.41, 5.74) is -0.372. The van der Waals surface area contributed by atoms with Gasteiger partial charge in [-0.15, -0.1) is 0 Å². The molecule has 136 valence electrons. The largest absolute Gasteiger partial charge is 0.493 e. The summed E-state index contributed by atoms with van der Waals surface area (Å²) >= 11 is 0. The number of hydrogen-bond donors (Lipinski definition) is 1. The Kier molecular flexibility index (Phi) is 4.89. The van der Waals surface area contributed by atoms with Gasteiger partial charge in [-0.3, -0.25) is 0 Å². The number of fused-ring (bicyclic) bond motifs is 1. The third-order valence-electron chi connectivity index (χ3n) is 5.69. The van der Waals surface area contributed by atoms with E-state index in [9.17, 15) is 15.8 Å². The number of nitrogens with one attached hydrogen (secondary N) is 1. The van der Waals surface area contributed by atoms with Gasteiger partial charge in [-0.25, -0.2) is 0 Å². The molecule has 0 saturated heterocycles. The number of methoxy groups -OCH3 is 2. The van der Waals surface area contributed by atoms with Crippen molar-refractivity contribution >= 4 is 5.71 Å². The molecule has 2 aliphatic carbocycles. The molecule has 0 heterocycles. The van der Waals surface area contributed by atoms with Crippen LogP contribution < -0.4 is 9.47 Å². The van der Waals surface area contributed by atoms with Crippen molar-refractivity contribution in [1.82, 2.24) is 0 Å². The van der Waals surface area contributed by atoms with Crippen molar-refractivity contribution in [2.75, 3.05) is 14.2 Å². The summed E-state index contributed by atoms with van der Waals surface area (Å²) in [6.45, 7) is 0. The molecule has 1 saturated carbocycles. The highest BCUT2D eigenvalue weighted by atomic mass is 16.5. The zero-order valence-electron chi connectivity index (χ0n) is 15.3. The van der Waals surface area contributed by atoms with Gasteiger partial charge in [-0.1, -0.05) is 18.2 Å². The molecule has 0 aliphatic heterocycles. The average molecular weight is 360 g/mol. The third-order valence-corrected chi connectivity index (χ3v) is 5.69. The molecule has 1 fully saturated rings. The van der Waals surface area contributed by atoms with E-state index in [2.05, 4.69) is 6.07 Å². The zero-order valence-corrected chi connectivity index (χ0v) is 15.3. The van der Waals surface area contributed by atoms with Crippen molar-refractivity contribution in [1.29, 1.82) is 21.2 Å². The first-order chi connectivity index (χ1) is 13.1. The standard InChI is InChI=1S/C21H20N4O2/c1-26-17-9-5-7-14(19(17)27-2)18-13-6-3-4-8-16(13)21(11-23,12-24)20(25)15(18)10-22/h5,7-9,13,15,18,25H,3-4,6H2,1-2H3/t13-,15?,18+/m0/s1. The van der Waals surface area contributed by atoms with E-state index in [0.717, 1.165) is 24.8 Å².